The van der Waals surface area contributed by atoms with Gasteiger partial charge >= 0.3 is 0 Å². The SMILES string of the molecule is CCCCCC(N)CCc1ccc(C)cc1. The highest BCUT2D eigenvalue weighted by molar-refractivity contribution is 5.21. The van der Waals surface area contributed by atoms with E-state index in [1.165, 1.54) is 36.8 Å². The highest BCUT2D eigenvalue weighted by atomic mass is 14.6. The van der Waals surface area contributed by atoms with E-state index in [1.807, 2.05) is 0 Å². The zero-order valence-electron chi connectivity index (χ0n) is 10.7. The molecule has 0 amide bonds. The molecule has 1 aromatic carbocycles. The van der Waals surface area contributed by atoms with Crippen LogP contribution in [0.2, 0.25) is 0 Å². The highest BCUT2D eigenvalue weighted by Crippen LogP contribution is 2.10. The van der Waals surface area contributed by atoms with Crippen molar-refractivity contribution in [2.24, 2.45) is 5.73 Å². The van der Waals surface area contributed by atoms with E-state index < -0.39 is 0 Å². The zero-order valence-corrected chi connectivity index (χ0v) is 10.7. The van der Waals surface area contributed by atoms with Gasteiger partial charge in [-0.15, -0.1) is 0 Å². The van der Waals surface area contributed by atoms with E-state index in [1.54, 1.807) is 0 Å². The van der Waals surface area contributed by atoms with Gasteiger partial charge in [-0.3, -0.25) is 0 Å². The summed E-state index contributed by atoms with van der Waals surface area (Å²) in [6.07, 6.45) is 7.30. The van der Waals surface area contributed by atoms with Crippen molar-refractivity contribution in [3.05, 3.63) is 35.4 Å². The first kappa shape index (κ1) is 13.2. The van der Waals surface area contributed by atoms with Crippen molar-refractivity contribution in [2.45, 2.75) is 58.4 Å². The van der Waals surface area contributed by atoms with Crippen LogP contribution < -0.4 is 5.73 Å². The molecule has 0 saturated heterocycles. The molecule has 1 atom stereocenters. The molecule has 0 radical (unpaired) electrons. The van der Waals surface area contributed by atoms with Gasteiger partial charge in [-0.05, 0) is 31.7 Å². The van der Waals surface area contributed by atoms with Crippen LogP contribution in [0.3, 0.4) is 0 Å². The lowest BCUT2D eigenvalue weighted by molar-refractivity contribution is 0.529. The third kappa shape index (κ3) is 5.32. The van der Waals surface area contributed by atoms with Crippen LogP contribution in [0.15, 0.2) is 24.3 Å². The predicted octanol–water partition coefficient (Wildman–Crippen LogP) is 3.84. The lowest BCUT2D eigenvalue weighted by Gasteiger charge is -2.11. The van der Waals surface area contributed by atoms with Crippen LogP contribution in [0.5, 0.6) is 0 Å². The van der Waals surface area contributed by atoms with Crippen molar-refractivity contribution in [2.75, 3.05) is 0 Å². The fraction of sp³-hybridized carbons (Fsp3) is 0.600. The Labute approximate surface area is 100 Å². The molecular weight excluding hydrogens is 194 g/mol. The zero-order chi connectivity index (χ0) is 11.8. The normalized spacial score (nSPS) is 12.7. The Hall–Kier alpha value is -0.820. The number of rotatable bonds is 7. The minimum Gasteiger partial charge on any atom is -0.328 e. The Morgan fingerprint density at radius 1 is 1.06 bits per heavy atom. The molecule has 90 valence electrons. The van der Waals surface area contributed by atoms with E-state index in [-0.39, 0.29) is 0 Å². The van der Waals surface area contributed by atoms with Gasteiger partial charge in [0.05, 0.1) is 0 Å². The second-order valence-electron chi connectivity index (χ2n) is 4.78. The molecule has 0 bridgehead atoms. The number of aryl methyl sites for hydroxylation is 2. The summed E-state index contributed by atoms with van der Waals surface area (Å²) in [5, 5.41) is 0. The molecule has 0 heterocycles. The smallest absolute Gasteiger partial charge is 0.00419 e. The Morgan fingerprint density at radius 2 is 1.75 bits per heavy atom. The first-order valence-corrected chi connectivity index (χ1v) is 6.53. The Balaban J connectivity index is 2.20. The summed E-state index contributed by atoms with van der Waals surface area (Å²) in [5.41, 5.74) is 8.84. The van der Waals surface area contributed by atoms with Crippen LogP contribution in [0.4, 0.5) is 0 Å². The Bertz CT molecular complexity index is 276. The number of hydrogen-bond donors (Lipinski definition) is 1. The summed E-state index contributed by atoms with van der Waals surface area (Å²) in [5.74, 6) is 0. The summed E-state index contributed by atoms with van der Waals surface area (Å²) in [6.45, 7) is 4.36. The van der Waals surface area contributed by atoms with E-state index in [9.17, 15) is 0 Å². The molecule has 2 N–H and O–H groups in total. The molecule has 0 fully saturated rings. The van der Waals surface area contributed by atoms with Crippen LogP contribution in [0, 0.1) is 6.92 Å². The third-order valence-electron chi connectivity index (χ3n) is 3.10. The number of nitrogens with two attached hydrogens (primary N) is 1. The molecular formula is C15H25N. The molecule has 0 spiro atoms. The molecule has 1 unspecified atom stereocenters. The number of hydrogen-bond acceptors (Lipinski definition) is 1. The van der Waals surface area contributed by atoms with Gasteiger partial charge in [-0.25, -0.2) is 0 Å². The van der Waals surface area contributed by atoms with Crippen molar-refractivity contribution in [1.29, 1.82) is 0 Å². The van der Waals surface area contributed by atoms with Crippen LogP contribution in [-0.4, -0.2) is 6.04 Å². The second kappa shape index (κ2) is 7.45. The van der Waals surface area contributed by atoms with Gasteiger partial charge in [0.1, 0.15) is 0 Å². The lowest BCUT2D eigenvalue weighted by atomic mass is 10.0. The van der Waals surface area contributed by atoms with Crippen molar-refractivity contribution in [3.63, 3.8) is 0 Å². The minimum absolute atomic E-state index is 0.382. The molecule has 1 aromatic rings. The van der Waals surface area contributed by atoms with E-state index in [2.05, 4.69) is 38.1 Å². The minimum atomic E-state index is 0.382. The summed E-state index contributed by atoms with van der Waals surface area (Å²) in [7, 11) is 0. The maximum absolute atomic E-state index is 6.09. The Morgan fingerprint density at radius 3 is 2.38 bits per heavy atom. The summed E-state index contributed by atoms with van der Waals surface area (Å²) >= 11 is 0. The predicted molar refractivity (Wildman–Crippen MR) is 71.6 cm³/mol. The first-order chi connectivity index (χ1) is 7.72. The fourth-order valence-corrected chi connectivity index (χ4v) is 1.91. The molecule has 0 aliphatic heterocycles. The van der Waals surface area contributed by atoms with E-state index in [0.717, 1.165) is 12.8 Å². The molecule has 1 rings (SSSR count). The molecule has 0 saturated carbocycles. The maximum Gasteiger partial charge on any atom is 0.00419 e. The maximum atomic E-state index is 6.09. The highest BCUT2D eigenvalue weighted by Gasteiger charge is 2.02. The average Bonchev–Trinajstić information content (AvgIpc) is 2.29. The lowest BCUT2D eigenvalue weighted by Crippen LogP contribution is -2.20. The van der Waals surface area contributed by atoms with Crippen molar-refractivity contribution < 1.29 is 0 Å². The van der Waals surface area contributed by atoms with Gasteiger partial charge in [0.2, 0.25) is 0 Å². The van der Waals surface area contributed by atoms with E-state index >= 15 is 0 Å². The standard InChI is InChI=1S/C15H25N/c1-3-4-5-6-15(16)12-11-14-9-7-13(2)8-10-14/h7-10,15H,3-6,11-12,16H2,1-2H3. The van der Waals surface area contributed by atoms with Crippen LogP contribution >= 0.6 is 0 Å². The summed E-state index contributed by atoms with van der Waals surface area (Å²) in [6, 6.07) is 9.17. The van der Waals surface area contributed by atoms with Gasteiger partial charge in [0, 0.05) is 6.04 Å². The summed E-state index contributed by atoms with van der Waals surface area (Å²) in [4.78, 5) is 0. The molecule has 0 aromatic heterocycles. The monoisotopic (exact) mass is 219 g/mol. The van der Waals surface area contributed by atoms with E-state index in [0.29, 0.717) is 6.04 Å². The van der Waals surface area contributed by atoms with Crippen molar-refractivity contribution >= 4 is 0 Å². The Kier molecular flexibility index (Phi) is 6.17. The van der Waals surface area contributed by atoms with Gasteiger partial charge in [0.25, 0.3) is 0 Å². The first-order valence-electron chi connectivity index (χ1n) is 6.53. The second-order valence-corrected chi connectivity index (χ2v) is 4.78. The van der Waals surface area contributed by atoms with Gasteiger partial charge in [0.15, 0.2) is 0 Å². The van der Waals surface area contributed by atoms with Gasteiger partial charge < -0.3 is 5.73 Å². The third-order valence-corrected chi connectivity index (χ3v) is 3.10. The van der Waals surface area contributed by atoms with Crippen molar-refractivity contribution in [3.8, 4) is 0 Å². The largest absolute Gasteiger partial charge is 0.328 e. The molecule has 0 aliphatic rings. The van der Waals surface area contributed by atoms with Gasteiger partial charge in [-0.2, -0.15) is 0 Å². The van der Waals surface area contributed by atoms with Crippen LogP contribution in [-0.2, 0) is 6.42 Å². The van der Waals surface area contributed by atoms with Crippen LogP contribution in [0.1, 0.15) is 50.2 Å². The summed E-state index contributed by atoms with van der Waals surface area (Å²) < 4.78 is 0. The van der Waals surface area contributed by atoms with E-state index in [4.69, 9.17) is 5.73 Å². The molecule has 1 heteroatoms. The fourth-order valence-electron chi connectivity index (χ4n) is 1.91. The molecule has 1 nitrogen and oxygen atoms in total. The quantitative estimate of drug-likeness (QED) is 0.693. The molecule has 16 heavy (non-hydrogen) atoms. The molecule has 0 aliphatic carbocycles. The van der Waals surface area contributed by atoms with Gasteiger partial charge in [-0.1, -0.05) is 56.0 Å². The number of benzene rings is 1. The number of unbranched alkanes of at least 4 members (excludes halogenated alkanes) is 2. The average molecular weight is 219 g/mol. The topological polar surface area (TPSA) is 26.0 Å². The van der Waals surface area contributed by atoms with Crippen molar-refractivity contribution in [1.82, 2.24) is 0 Å². The van der Waals surface area contributed by atoms with Crippen LogP contribution in [0.25, 0.3) is 0 Å².